The first-order valence-electron chi connectivity index (χ1n) is 7.42. The van der Waals surface area contributed by atoms with Crippen LogP contribution in [0.2, 0.25) is 0 Å². The standard InChI is InChI=1S/C15H32N2O/c1-6-14(4,10-16-9-13(2)3)11-17-8-7-15(5,18)12-17/h13,16,18H,6-12H2,1-5H3. The summed E-state index contributed by atoms with van der Waals surface area (Å²) in [5.74, 6) is 0.707. The molecule has 18 heavy (non-hydrogen) atoms. The normalized spacial score (nSPS) is 28.8. The summed E-state index contributed by atoms with van der Waals surface area (Å²) in [5, 5.41) is 13.6. The summed E-state index contributed by atoms with van der Waals surface area (Å²) in [4.78, 5) is 2.42. The SMILES string of the molecule is CCC(C)(CNCC(C)C)CN1CCC(C)(O)C1. The zero-order chi connectivity index (χ0) is 13.8. The molecule has 1 saturated heterocycles. The van der Waals surface area contributed by atoms with Crippen molar-refractivity contribution in [3.05, 3.63) is 0 Å². The van der Waals surface area contributed by atoms with Gasteiger partial charge in [-0.3, -0.25) is 4.90 Å². The highest BCUT2D eigenvalue weighted by atomic mass is 16.3. The van der Waals surface area contributed by atoms with Crippen molar-refractivity contribution in [1.82, 2.24) is 10.2 Å². The lowest BCUT2D eigenvalue weighted by atomic mass is 9.86. The molecular weight excluding hydrogens is 224 g/mol. The molecule has 2 atom stereocenters. The molecule has 2 N–H and O–H groups in total. The maximum Gasteiger partial charge on any atom is 0.0758 e. The minimum atomic E-state index is -0.472. The zero-order valence-electron chi connectivity index (χ0n) is 12.9. The molecule has 3 nitrogen and oxygen atoms in total. The summed E-state index contributed by atoms with van der Waals surface area (Å²) in [6, 6.07) is 0. The Kier molecular flexibility index (Phi) is 5.63. The van der Waals surface area contributed by atoms with Crippen LogP contribution >= 0.6 is 0 Å². The molecule has 0 aromatic carbocycles. The summed E-state index contributed by atoms with van der Waals surface area (Å²) in [7, 11) is 0. The van der Waals surface area contributed by atoms with Crippen LogP contribution in [0.1, 0.15) is 47.5 Å². The van der Waals surface area contributed by atoms with E-state index in [0.29, 0.717) is 11.3 Å². The maximum absolute atomic E-state index is 10.0. The maximum atomic E-state index is 10.0. The Labute approximate surface area is 113 Å². The molecule has 0 amide bonds. The molecule has 1 rings (SSSR count). The summed E-state index contributed by atoms with van der Waals surface area (Å²) in [6.45, 7) is 16.2. The van der Waals surface area contributed by atoms with Gasteiger partial charge in [-0.25, -0.2) is 0 Å². The van der Waals surface area contributed by atoms with Crippen LogP contribution in [0.15, 0.2) is 0 Å². The van der Waals surface area contributed by atoms with Crippen molar-refractivity contribution in [1.29, 1.82) is 0 Å². The number of nitrogens with one attached hydrogen (secondary N) is 1. The number of hydrogen-bond acceptors (Lipinski definition) is 3. The summed E-state index contributed by atoms with van der Waals surface area (Å²) >= 11 is 0. The lowest BCUT2D eigenvalue weighted by Crippen LogP contribution is -2.43. The van der Waals surface area contributed by atoms with E-state index in [9.17, 15) is 5.11 Å². The van der Waals surface area contributed by atoms with E-state index >= 15 is 0 Å². The van der Waals surface area contributed by atoms with Crippen LogP contribution < -0.4 is 5.32 Å². The third-order valence-electron chi connectivity index (χ3n) is 4.09. The van der Waals surface area contributed by atoms with E-state index in [1.54, 1.807) is 0 Å². The van der Waals surface area contributed by atoms with E-state index in [-0.39, 0.29) is 0 Å². The first-order chi connectivity index (χ1) is 8.26. The highest BCUT2D eigenvalue weighted by Gasteiger charge is 2.34. The predicted octanol–water partition coefficient (Wildman–Crippen LogP) is 2.11. The number of rotatable bonds is 7. The molecule has 1 aliphatic heterocycles. The van der Waals surface area contributed by atoms with Crippen LogP contribution in [0.3, 0.4) is 0 Å². The fraction of sp³-hybridized carbons (Fsp3) is 1.00. The van der Waals surface area contributed by atoms with E-state index in [1.807, 2.05) is 6.92 Å². The van der Waals surface area contributed by atoms with Gasteiger partial charge in [0.1, 0.15) is 0 Å². The van der Waals surface area contributed by atoms with Gasteiger partial charge in [0.2, 0.25) is 0 Å². The molecule has 0 aliphatic carbocycles. The van der Waals surface area contributed by atoms with Crippen LogP contribution in [0.25, 0.3) is 0 Å². The molecule has 0 aromatic rings. The molecular formula is C15H32N2O. The summed E-state index contributed by atoms with van der Waals surface area (Å²) in [5.41, 5.74) is -0.157. The van der Waals surface area contributed by atoms with Gasteiger partial charge < -0.3 is 10.4 Å². The van der Waals surface area contributed by atoms with Crippen molar-refractivity contribution in [2.75, 3.05) is 32.7 Å². The summed E-state index contributed by atoms with van der Waals surface area (Å²) < 4.78 is 0. The second-order valence-corrected chi connectivity index (χ2v) is 7.15. The highest BCUT2D eigenvalue weighted by molar-refractivity contribution is 4.89. The van der Waals surface area contributed by atoms with Crippen molar-refractivity contribution < 1.29 is 5.11 Å². The predicted molar refractivity (Wildman–Crippen MR) is 77.8 cm³/mol. The Hall–Kier alpha value is -0.120. The average Bonchev–Trinajstić information content (AvgIpc) is 2.57. The van der Waals surface area contributed by atoms with Crippen LogP contribution in [-0.2, 0) is 0 Å². The minimum absolute atomic E-state index is 0.315. The smallest absolute Gasteiger partial charge is 0.0758 e. The largest absolute Gasteiger partial charge is 0.389 e. The highest BCUT2D eigenvalue weighted by Crippen LogP contribution is 2.27. The molecule has 0 radical (unpaired) electrons. The molecule has 0 spiro atoms. The van der Waals surface area contributed by atoms with E-state index in [2.05, 4.69) is 37.9 Å². The molecule has 0 aromatic heterocycles. The second-order valence-electron chi connectivity index (χ2n) is 7.15. The van der Waals surface area contributed by atoms with Gasteiger partial charge in [-0.1, -0.05) is 27.7 Å². The van der Waals surface area contributed by atoms with Crippen LogP contribution in [0.4, 0.5) is 0 Å². The number of nitrogens with zero attached hydrogens (tertiary/aromatic N) is 1. The molecule has 2 unspecified atom stereocenters. The van der Waals surface area contributed by atoms with Crippen molar-refractivity contribution in [3.8, 4) is 0 Å². The molecule has 0 bridgehead atoms. The molecule has 108 valence electrons. The van der Waals surface area contributed by atoms with Gasteiger partial charge in [0.25, 0.3) is 0 Å². The first kappa shape index (κ1) is 15.9. The number of likely N-dealkylation sites (tertiary alicyclic amines) is 1. The lowest BCUT2D eigenvalue weighted by molar-refractivity contribution is 0.0614. The Morgan fingerprint density at radius 1 is 1.44 bits per heavy atom. The van der Waals surface area contributed by atoms with Gasteiger partial charge in [-0.15, -0.1) is 0 Å². The quantitative estimate of drug-likeness (QED) is 0.732. The molecule has 0 saturated carbocycles. The monoisotopic (exact) mass is 256 g/mol. The van der Waals surface area contributed by atoms with Crippen molar-refractivity contribution in [2.24, 2.45) is 11.3 Å². The molecule has 1 heterocycles. The van der Waals surface area contributed by atoms with Crippen LogP contribution in [0.5, 0.6) is 0 Å². The van der Waals surface area contributed by atoms with Gasteiger partial charge in [0, 0.05) is 26.2 Å². The molecule has 3 heteroatoms. The van der Waals surface area contributed by atoms with Crippen molar-refractivity contribution >= 4 is 0 Å². The Balaban J connectivity index is 2.40. The van der Waals surface area contributed by atoms with E-state index in [1.165, 1.54) is 6.42 Å². The van der Waals surface area contributed by atoms with Gasteiger partial charge in [-0.2, -0.15) is 0 Å². The molecule has 1 fully saturated rings. The lowest BCUT2D eigenvalue weighted by Gasteiger charge is -2.34. The minimum Gasteiger partial charge on any atom is -0.389 e. The van der Waals surface area contributed by atoms with Crippen LogP contribution in [0, 0.1) is 11.3 Å². The number of aliphatic hydroxyl groups is 1. The van der Waals surface area contributed by atoms with E-state index in [0.717, 1.165) is 39.1 Å². The van der Waals surface area contributed by atoms with E-state index in [4.69, 9.17) is 0 Å². The molecule has 1 aliphatic rings. The average molecular weight is 256 g/mol. The van der Waals surface area contributed by atoms with Gasteiger partial charge in [0.05, 0.1) is 5.60 Å². The fourth-order valence-corrected chi connectivity index (χ4v) is 2.67. The van der Waals surface area contributed by atoms with Gasteiger partial charge >= 0.3 is 0 Å². The van der Waals surface area contributed by atoms with Crippen molar-refractivity contribution in [3.63, 3.8) is 0 Å². The Morgan fingerprint density at radius 3 is 2.56 bits per heavy atom. The third kappa shape index (κ3) is 5.25. The zero-order valence-corrected chi connectivity index (χ0v) is 12.9. The van der Waals surface area contributed by atoms with Gasteiger partial charge in [0.15, 0.2) is 0 Å². The van der Waals surface area contributed by atoms with E-state index < -0.39 is 5.60 Å². The van der Waals surface area contributed by atoms with Crippen LogP contribution in [-0.4, -0.2) is 48.3 Å². The van der Waals surface area contributed by atoms with Crippen molar-refractivity contribution in [2.45, 2.75) is 53.1 Å². The number of β-amino-alcohol motifs (C(OH)–C–C–N with tert-alkyl or cyclic N) is 1. The fourth-order valence-electron chi connectivity index (χ4n) is 2.67. The first-order valence-corrected chi connectivity index (χ1v) is 7.42. The topological polar surface area (TPSA) is 35.5 Å². The summed E-state index contributed by atoms with van der Waals surface area (Å²) in [6.07, 6.45) is 2.09. The number of hydrogen-bond donors (Lipinski definition) is 2. The third-order valence-corrected chi connectivity index (χ3v) is 4.09. The Morgan fingerprint density at radius 2 is 2.11 bits per heavy atom. The van der Waals surface area contributed by atoms with Gasteiger partial charge in [-0.05, 0) is 37.6 Å². The Bertz CT molecular complexity index is 253. The second kappa shape index (κ2) is 6.36.